The van der Waals surface area contributed by atoms with Crippen molar-refractivity contribution in [1.82, 2.24) is 4.98 Å². The van der Waals surface area contributed by atoms with Gasteiger partial charge in [0, 0.05) is 22.5 Å². The van der Waals surface area contributed by atoms with Crippen molar-refractivity contribution in [3.63, 3.8) is 0 Å². The molecule has 0 aliphatic carbocycles. The molecule has 0 saturated carbocycles. The Morgan fingerprint density at radius 2 is 1.74 bits per heavy atom. The number of H-pyrrole nitrogens is 1. The third kappa shape index (κ3) is 1.98. The lowest BCUT2D eigenvalue weighted by Gasteiger charge is -1.99. The highest BCUT2D eigenvalue weighted by Crippen LogP contribution is 2.32. The van der Waals surface area contributed by atoms with Crippen molar-refractivity contribution >= 4 is 32.3 Å². The summed E-state index contributed by atoms with van der Waals surface area (Å²) in [6.07, 6.45) is 2.13. The standard InChI is InChI=1S/C16H15BrN2/c1-9-10(2)14(18-11(9)3)8-15-12-6-4-5-7-13(12)16(17)19-15/h4-8,18H,1-3H3/b15-8-. The predicted octanol–water partition coefficient (Wildman–Crippen LogP) is 4.59. The molecule has 0 saturated heterocycles. The number of halogens is 1. The molecule has 2 aromatic rings. The average molecular weight is 315 g/mol. The summed E-state index contributed by atoms with van der Waals surface area (Å²) in [4.78, 5) is 8.03. The fraction of sp³-hybridized carbons (Fsp3) is 0.188. The van der Waals surface area contributed by atoms with Crippen molar-refractivity contribution in [1.29, 1.82) is 0 Å². The quantitative estimate of drug-likeness (QED) is 0.797. The monoisotopic (exact) mass is 314 g/mol. The number of aliphatic imine (C=N–C) groups is 1. The number of aryl methyl sites for hydroxylation is 1. The van der Waals surface area contributed by atoms with Crippen molar-refractivity contribution in [2.75, 3.05) is 0 Å². The van der Waals surface area contributed by atoms with E-state index in [4.69, 9.17) is 0 Å². The number of hydrogen-bond acceptors (Lipinski definition) is 1. The summed E-state index contributed by atoms with van der Waals surface area (Å²) in [5, 5.41) is 0. The fourth-order valence-corrected chi connectivity index (χ4v) is 2.91. The van der Waals surface area contributed by atoms with Crippen LogP contribution in [0, 0.1) is 20.8 Å². The molecule has 1 aliphatic heterocycles. The molecule has 0 unspecified atom stereocenters. The van der Waals surface area contributed by atoms with Gasteiger partial charge < -0.3 is 4.98 Å². The molecule has 3 rings (SSSR count). The fourth-order valence-electron chi connectivity index (χ4n) is 2.38. The number of aromatic amines is 1. The lowest BCUT2D eigenvalue weighted by Crippen LogP contribution is -1.86. The van der Waals surface area contributed by atoms with Gasteiger partial charge in [0.2, 0.25) is 0 Å². The molecule has 0 atom stereocenters. The second-order valence-electron chi connectivity index (χ2n) is 4.89. The largest absolute Gasteiger partial charge is 0.359 e. The molecule has 0 amide bonds. The number of hydrogen-bond donors (Lipinski definition) is 1. The number of rotatable bonds is 1. The zero-order valence-corrected chi connectivity index (χ0v) is 12.8. The van der Waals surface area contributed by atoms with E-state index in [-0.39, 0.29) is 0 Å². The van der Waals surface area contributed by atoms with Crippen molar-refractivity contribution in [2.45, 2.75) is 20.8 Å². The molecule has 1 N–H and O–H groups in total. The zero-order valence-electron chi connectivity index (χ0n) is 11.2. The van der Waals surface area contributed by atoms with Crippen LogP contribution in [0.2, 0.25) is 0 Å². The lowest BCUT2D eigenvalue weighted by molar-refractivity contribution is 1.22. The minimum absolute atomic E-state index is 0.909. The molecule has 1 aromatic carbocycles. The number of fused-ring (bicyclic) bond motifs is 1. The molecule has 1 aromatic heterocycles. The Morgan fingerprint density at radius 1 is 1.05 bits per heavy atom. The van der Waals surface area contributed by atoms with Crippen molar-refractivity contribution < 1.29 is 0 Å². The number of benzene rings is 1. The molecule has 3 heteroatoms. The maximum absolute atomic E-state index is 4.61. The van der Waals surface area contributed by atoms with E-state index in [1.54, 1.807) is 0 Å². The topological polar surface area (TPSA) is 28.1 Å². The summed E-state index contributed by atoms with van der Waals surface area (Å²) < 4.78 is 0.909. The first-order valence-corrected chi connectivity index (χ1v) is 7.08. The molecule has 19 heavy (non-hydrogen) atoms. The maximum atomic E-state index is 4.61. The Kier molecular flexibility index (Phi) is 2.94. The molecule has 0 spiro atoms. The zero-order chi connectivity index (χ0) is 13.6. The first kappa shape index (κ1) is 12.4. The third-order valence-corrected chi connectivity index (χ3v) is 4.38. The van der Waals surface area contributed by atoms with Crippen molar-refractivity contribution in [3.05, 3.63) is 57.9 Å². The molecule has 2 heterocycles. The molecule has 0 radical (unpaired) electrons. The van der Waals surface area contributed by atoms with E-state index in [0.717, 1.165) is 21.6 Å². The van der Waals surface area contributed by atoms with Crippen LogP contribution in [0.3, 0.4) is 0 Å². The molecule has 0 bridgehead atoms. The van der Waals surface area contributed by atoms with Crippen LogP contribution >= 0.6 is 15.9 Å². The van der Waals surface area contributed by atoms with Gasteiger partial charge in [-0.15, -0.1) is 0 Å². The van der Waals surface area contributed by atoms with Gasteiger partial charge in [-0.25, -0.2) is 4.99 Å². The SMILES string of the molecule is Cc1[nH]c(/C=C2\N=C(Br)c3ccccc32)c(C)c1C. The molecule has 1 aliphatic rings. The lowest BCUT2D eigenvalue weighted by atomic mass is 10.1. The summed E-state index contributed by atoms with van der Waals surface area (Å²) in [5.41, 5.74) is 8.32. The normalized spacial score (nSPS) is 15.8. The number of aromatic nitrogens is 1. The first-order chi connectivity index (χ1) is 9.08. The van der Waals surface area contributed by atoms with Gasteiger partial charge >= 0.3 is 0 Å². The van der Waals surface area contributed by atoms with E-state index in [1.165, 1.54) is 22.4 Å². The van der Waals surface area contributed by atoms with Gasteiger partial charge in [0.1, 0.15) is 4.62 Å². The maximum Gasteiger partial charge on any atom is 0.114 e. The van der Waals surface area contributed by atoms with Crippen LogP contribution in [0.1, 0.15) is 33.6 Å². The highest BCUT2D eigenvalue weighted by atomic mass is 79.9. The molecule has 96 valence electrons. The van der Waals surface area contributed by atoms with Crippen LogP contribution < -0.4 is 0 Å². The Balaban J connectivity index is 2.14. The van der Waals surface area contributed by atoms with Crippen LogP contribution in [0.15, 0.2) is 29.3 Å². The molecule has 0 fully saturated rings. The van der Waals surface area contributed by atoms with Crippen LogP contribution in [0.25, 0.3) is 11.8 Å². The van der Waals surface area contributed by atoms with Crippen molar-refractivity contribution in [3.8, 4) is 0 Å². The van der Waals surface area contributed by atoms with E-state index >= 15 is 0 Å². The van der Waals surface area contributed by atoms with Crippen LogP contribution in [0.5, 0.6) is 0 Å². The second-order valence-corrected chi connectivity index (χ2v) is 5.64. The number of nitrogens with zero attached hydrogens (tertiary/aromatic N) is 1. The summed E-state index contributed by atoms with van der Waals surface area (Å²) >= 11 is 3.53. The van der Waals surface area contributed by atoms with Crippen LogP contribution in [-0.2, 0) is 0 Å². The van der Waals surface area contributed by atoms with E-state index in [1.807, 2.05) is 12.1 Å². The van der Waals surface area contributed by atoms with Gasteiger partial charge in [-0.1, -0.05) is 24.3 Å². The van der Waals surface area contributed by atoms with Crippen molar-refractivity contribution in [2.24, 2.45) is 4.99 Å². The minimum atomic E-state index is 0.909. The summed E-state index contributed by atoms with van der Waals surface area (Å²) in [6, 6.07) is 8.28. The molecule has 2 nitrogen and oxygen atoms in total. The second kappa shape index (κ2) is 4.49. The van der Waals surface area contributed by atoms with Gasteiger partial charge in [-0.3, -0.25) is 0 Å². The summed E-state index contributed by atoms with van der Waals surface area (Å²) in [5.74, 6) is 0. The van der Waals surface area contributed by atoms with E-state index in [9.17, 15) is 0 Å². The Bertz CT molecular complexity index is 720. The summed E-state index contributed by atoms with van der Waals surface area (Å²) in [7, 11) is 0. The van der Waals surface area contributed by atoms with E-state index < -0.39 is 0 Å². The Labute approximate surface area is 121 Å². The first-order valence-electron chi connectivity index (χ1n) is 6.29. The summed E-state index contributed by atoms with van der Waals surface area (Å²) in [6.45, 7) is 6.39. The predicted molar refractivity (Wildman–Crippen MR) is 84.8 cm³/mol. The number of nitrogens with one attached hydrogen (secondary N) is 1. The average Bonchev–Trinajstić information content (AvgIpc) is 2.84. The minimum Gasteiger partial charge on any atom is -0.359 e. The van der Waals surface area contributed by atoms with Crippen LogP contribution in [0.4, 0.5) is 0 Å². The molecular formula is C16H15BrN2. The van der Waals surface area contributed by atoms with Gasteiger partial charge in [0.25, 0.3) is 0 Å². The van der Waals surface area contributed by atoms with E-state index in [2.05, 4.69) is 64.9 Å². The Hall–Kier alpha value is -1.61. The third-order valence-electron chi connectivity index (χ3n) is 3.78. The smallest absolute Gasteiger partial charge is 0.114 e. The van der Waals surface area contributed by atoms with Crippen LogP contribution in [-0.4, -0.2) is 9.60 Å². The van der Waals surface area contributed by atoms with Gasteiger partial charge in [-0.2, -0.15) is 0 Å². The Morgan fingerprint density at radius 3 is 2.37 bits per heavy atom. The van der Waals surface area contributed by atoms with Gasteiger partial charge in [-0.05, 0) is 53.9 Å². The van der Waals surface area contributed by atoms with Gasteiger partial charge in [0.05, 0.1) is 5.70 Å². The van der Waals surface area contributed by atoms with Gasteiger partial charge in [0.15, 0.2) is 0 Å². The highest BCUT2D eigenvalue weighted by Gasteiger charge is 2.18. The van der Waals surface area contributed by atoms with E-state index in [0.29, 0.717) is 0 Å². The molecular weight excluding hydrogens is 300 g/mol. The highest BCUT2D eigenvalue weighted by molar-refractivity contribution is 9.18.